The van der Waals surface area contributed by atoms with Gasteiger partial charge in [0.25, 0.3) is 0 Å². The molecule has 0 unspecified atom stereocenters. The number of allylic oxidation sites excluding steroid dienone is 1. The maximum atomic E-state index is 5.58. The van der Waals surface area contributed by atoms with Gasteiger partial charge in [0.15, 0.2) is 11.5 Å². The minimum Gasteiger partial charge on any atom is -0.493 e. The van der Waals surface area contributed by atoms with E-state index in [9.17, 15) is 0 Å². The number of alkyl halides is 1. The van der Waals surface area contributed by atoms with Crippen LogP contribution in [0.3, 0.4) is 0 Å². The van der Waals surface area contributed by atoms with E-state index < -0.39 is 0 Å². The minimum absolute atomic E-state index is 0.505. The lowest BCUT2D eigenvalue weighted by Gasteiger charge is -2.10. The summed E-state index contributed by atoms with van der Waals surface area (Å²) in [7, 11) is 3.26. The van der Waals surface area contributed by atoms with E-state index in [2.05, 4.69) is 22.6 Å². The van der Waals surface area contributed by atoms with E-state index in [4.69, 9.17) is 21.1 Å². The van der Waals surface area contributed by atoms with Crippen molar-refractivity contribution in [3.05, 3.63) is 27.3 Å². The van der Waals surface area contributed by atoms with Crippen molar-refractivity contribution in [1.29, 1.82) is 0 Å². The number of benzene rings is 1. The molecular weight excluding hydrogens is 326 g/mol. The van der Waals surface area contributed by atoms with E-state index in [-0.39, 0.29) is 0 Å². The molecule has 0 radical (unpaired) electrons. The van der Waals surface area contributed by atoms with Gasteiger partial charge in [-0.2, -0.15) is 0 Å². The van der Waals surface area contributed by atoms with Crippen LogP contribution in [0.5, 0.6) is 11.5 Å². The van der Waals surface area contributed by atoms with Gasteiger partial charge in [-0.25, -0.2) is 0 Å². The second kappa shape index (κ2) is 6.23. The third-order valence-corrected chi connectivity index (χ3v) is 2.83. The zero-order chi connectivity index (χ0) is 11.3. The summed E-state index contributed by atoms with van der Waals surface area (Å²) < 4.78 is 11.5. The molecule has 0 bridgehead atoms. The van der Waals surface area contributed by atoms with Crippen LogP contribution in [0.4, 0.5) is 0 Å². The molecule has 0 aliphatic carbocycles. The first-order valence-electron chi connectivity index (χ1n) is 4.37. The van der Waals surface area contributed by atoms with Crippen molar-refractivity contribution < 1.29 is 9.47 Å². The van der Waals surface area contributed by atoms with Crippen molar-refractivity contribution in [2.45, 2.75) is 0 Å². The zero-order valence-corrected chi connectivity index (χ0v) is 11.5. The number of ether oxygens (including phenoxy) is 2. The Hall–Kier alpha value is -0.420. The summed E-state index contributed by atoms with van der Waals surface area (Å²) in [4.78, 5) is 0. The van der Waals surface area contributed by atoms with E-state index in [1.807, 2.05) is 24.3 Å². The van der Waals surface area contributed by atoms with Crippen molar-refractivity contribution in [3.63, 3.8) is 0 Å². The summed E-state index contributed by atoms with van der Waals surface area (Å²) in [6, 6.07) is 3.94. The Morgan fingerprint density at radius 1 is 1.33 bits per heavy atom. The van der Waals surface area contributed by atoms with E-state index >= 15 is 0 Å². The molecule has 0 amide bonds. The van der Waals surface area contributed by atoms with E-state index in [0.717, 1.165) is 20.6 Å². The number of hydrogen-bond acceptors (Lipinski definition) is 2. The predicted molar refractivity (Wildman–Crippen MR) is 72.0 cm³/mol. The molecule has 0 fully saturated rings. The van der Waals surface area contributed by atoms with E-state index in [1.165, 1.54) is 0 Å². The van der Waals surface area contributed by atoms with Gasteiger partial charge in [-0.05, 0) is 40.3 Å². The fourth-order valence-electron chi connectivity index (χ4n) is 1.21. The molecule has 0 heterocycles. The Morgan fingerprint density at radius 2 is 2.07 bits per heavy atom. The van der Waals surface area contributed by atoms with Gasteiger partial charge in [0.1, 0.15) is 0 Å². The van der Waals surface area contributed by atoms with Gasteiger partial charge in [-0.15, -0.1) is 11.6 Å². The van der Waals surface area contributed by atoms with Crippen molar-refractivity contribution >= 4 is 40.3 Å². The van der Waals surface area contributed by atoms with Crippen LogP contribution in [0.25, 0.3) is 6.08 Å². The highest BCUT2D eigenvalue weighted by Gasteiger charge is 2.08. The molecule has 82 valence electrons. The van der Waals surface area contributed by atoms with Crippen LogP contribution in [0.1, 0.15) is 5.56 Å². The highest BCUT2D eigenvalue weighted by atomic mass is 127. The molecule has 1 aromatic carbocycles. The Kier molecular flexibility index (Phi) is 5.25. The molecular formula is C11H12ClIO2. The van der Waals surface area contributed by atoms with Crippen molar-refractivity contribution in [2.75, 3.05) is 20.1 Å². The fourth-order valence-corrected chi connectivity index (χ4v) is 2.15. The topological polar surface area (TPSA) is 18.5 Å². The quantitative estimate of drug-likeness (QED) is 0.617. The van der Waals surface area contributed by atoms with E-state index in [0.29, 0.717) is 5.88 Å². The van der Waals surface area contributed by atoms with Gasteiger partial charge < -0.3 is 9.47 Å². The molecule has 1 rings (SSSR count). The Morgan fingerprint density at radius 3 is 2.60 bits per heavy atom. The first kappa shape index (κ1) is 12.6. The van der Waals surface area contributed by atoms with Gasteiger partial charge >= 0.3 is 0 Å². The summed E-state index contributed by atoms with van der Waals surface area (Å²) in [6.07, 6.45) is 3.84. The average Bonchev–Trinajstić information content (AvgIpc) is 2.25. The van der Waals surface area contributed by atoms with Crippen LogP contribution < -0.4 is 9.47 Å². The molecule has 0 N–H and O–H groups in total. The molecule has 15 heavy (non-hydrogen) atoms. The number of methoxy groups -OCH3 is 2. The van der Waals surface area contributed by atoms with Gasteiger partial charge in [0.2, 0.25) is 0 Å². The van der Waals surface area contributed by atoms with Gasteiger partial charge in [0.05, 0.1) is 17.8 Å². The van der Waals surface area contributed by atoms with Crippen molar-refractivity contribution in [3.8, 4) is 11.5 Å². The highest BCUT2D eigenvalue weighted by Crippen LogP contribution is 2.33. The van der Waals surface area contributed by atoms with Gasteiger partial charge in [-0.1, -0.05) is 12.2 Å². The van der Waals surface area contributed by atoms with Crippen molar-refractivity contribution in [2.24, 2.45) is 0 Å². The molecule has 0 atom stereocenters. The second-order valence-electron chi connectivity index (χ2n) is 2.79. The van der Waals surface area contributed by atoms with Crippen LogP contribution in [0.2, 0.25) is 0 Å². The molecule has 0 saturated heterocycles. The molecule has 0 aromatic heterocycles. The summed E-state index contributed by atoms with van der Waals surface area (Å²) in [5, 5.41) is 0. The molecule has 0 aliphatic rings. The number of hydrogen-bond donors (Lipinski definition) is 0. The minimum atomic E-state index is 0.505. The molecule has 4 heteroatoms. The number of halogens is 2. The second-order valence-corrected chi connectivity index (χ2v) is 4.27. The monoisotopic (exact) mass is 338 g/mol. The van der Waals surface area contributed by atoms with Gasteiger partial charge in [0, 0.05) is 5.88 Å². The normalized spacial score (nSPS) is 10.7. The summed E-state index contributed by atoms with van der Waals surface area (Å²) >= 11 is 7.79. The van der Waals surface area contributed by atoms with Crippen LogP contribution in [0, 0.1) is 3.57 Å². The molecule has 0 spiro atoms. The average molecular weight is 339 g/mol. The molecule has 2 nitrogen and oxygen atoms in total. The standard InChI is InChI=1S/C11H12ClIO2/c1-14-10-7-8(4-3-5-12)6-9(13)11(10)15-2/h3-4,6-7H,5H2,1-2H3. The zero-order valence-electron chi connectivity index (χ0n) is 8.59. The van der Waals surface area contributed by atoms with Crippen molar-refractivity contribution in [1.82, 2.24) is 0 Å². The van der Waals surface area contributed by atoms with Gasteiger partial charge in [-0.3, -0.25) is 0 Å². The molecule has 0 saturated carbocycles. The smallest absolute Gasteiger partial charge is 0.174 e. The summed E-state index contributed by atoms with van der Waals surface area (Å²) in [5.41, 5.74) is 1.05. The van der Waals surface area contributed by atoms with Crippen LogP contribution in [-0.4, -0.2) is 20.1 Å². The highest BCUT2D eigenvalue weighted by molar-refractivity contribution is 14.1. The number of rotatable bonds is 4. The lowest BCUT2D eigenvalue weighted by atomic mass is 10.2. The van der Waals surface area contributed by atoms with Crippen LogP contribution in [0.15, 0.2) is 18.2 Å². The molecule has 0 aliphatic heterocycles. The van der Waals surface area contributed by atoms with E-state index in [1.54, 1.807) is 14.2 Å². The van der Waals surface area contributed by atoms with Crippen LogP contribution in [-0.2, 0) is 0 Å². The predicted octanol–water partition coefficient (Wildman–Crippen LogP) is 3.56. The van der Waals surface area contributed by atoms with Crippen LogP contribution >= 0.6 is 34.2 Å². The third-order valence-electron chi connectivity index (χ3n) is 1.86. The first-order valence-corrected chi connectivity index (χ1v) is 5.98. The Bertz CT molecular complexity index is 364. The largest absolute Gasteiger partial charge is 0.493 e. The maximum Gasteiger partial charge on any atom is 0.174 e. The lowest BCUT2D eigenvalue weighted by Crippen LogP contribution is -1.93. The lowest BCUT2D eigenvalue weighted by molar-refractivity contribution is 0.353. The summed E-state index contributed by atoms with van der Waals surface area (Å²) in [6.45, 7) is 0. The SMILES string of the molecule is COc1cc(C=CCCl)cc(I)c1OC. The molecule has 1 aromatic rings. The Balaban J connectivity index is 3.13. The third kappa shape index (κ3) is 3.28. The summed E-state index contributed by atoms with van der Waals surface area (Å²) in [5.74, 6) is 2.00. The Labute approximate surface area is 108 Å². The fraction of sp³-hybridized carbons (Fsp3) is 0.273. The first-order chi connectivity index (χ1) is 7.22. The maximum absolute atomic E-state index is 5.58.